The van der Waals surface area contributed by atoms with Crippen molar-refractivity contribution in [2.24, 2.45) is 17.6 Å². The van der Waals surface area contributed by atoms with Gasteiger partial charge in [0.2, 0.25) is 11.8 Å². The van der Waals surface area contributed by atoms with Gasteiger partial charge in [0.25, 0.3) is 0 Å². The molecule has 0 aromatic heterocycles. The van der Waals surface area contributed by atoms with Crippen LogP contribution in [0.2, 0.25) is 0 Å². The van der Waals surface area contributed by atoms with E-state index in [1.165, 1.54) is 11.1 Å². The van der Waals surface area contributed by atoms with E-state index in [9.17, 15) is 9.59 Å². The third-order valence-electron chi connectivity index (χ3n) is 5.35. The summed E-state index contributed by atoms with van der Waals surface area (Å²) in [5.41, 5.74) is 7.79. The number of ether oxygens (including phenoxy) is 1. The molecule has 1 aromatic carbocycles. The van der Waals surface area contributed by atoms with Crippen LogP contribution in [0.3, 0.4) is 0 Å². The van der Waals surface area contributed by atoms with Gasteiger partial charge >= 0.3 is 0 Å². The zero-order valence-electron chi connectivity index (χ0n) is 14.3. The highest BCUT2D eigenvalue weighted by Gasteiger charge is 2.37. The number of rotatable bonds is 4. The van der Waals surface area contributed by atoms with Crippen LogP contribution in [0.4, 0.5) is 0 Å². The Hall–Kier alpha value is -1.88. The molecule has 1 saturated heterocycles. The average molecular weight is 330 g/mol. The van der Waals surface area contributed by atoms with E-state index in [2.05, 4.69) is 31.3 Å². The van der Waals surface area contributed by atoms with Crippen molar-refractivity contribution < 1.29 is 14.3 Å². The van der Waals surface area contributed by atoms with E-state index in [1.807, 2.05) is 12.1 Å². The third kappa shape index (κ3) is 3.31. The smallest absolute Gasteiger partial charge is 0.249 e. The van der Waals surface area contributed by atoms with E-state index in [4.69, 9.17) is 10.5 Å². The van der Waals surface area contributed by atoms with Crippen molar-refractivity contribution in [1.82, 2.24) is 5.32 Å². The number of amides is 2. The number of carbonyl (C=O) groups is 2. The Labute approximate surface area is 142 Å². The quantitative estimate of drug-likeness (QED) is 0.887. The maximum absolute atomic E-state index is 12.7. The van der Waals surface area contributed by atoms with Gasteiger partial charge in [0.15, 0.2) is 0 Å². The monoisotopic (exact) mass is 330 g/mol. The van der Waals surface area contributed by atoms with Crippen LogP contribution in [0.15, 0.2) is 24.3 Å². The first-order valence-corrected chi connectivity index (χ1v) is 8.80. The second-order valence-electron chi connectivity index (χ2n) is 7.22. The Morgan fingerprint density at radius 1 is 1.17 bits per heavy atom. The second kappa shape index (κ2) is 6.93. The zero-order chi connectivity index (χ0) is 17.3. The second-order valence-corrected chi connectivity index (χ2v) is 7.22. The third-order valence-corrected chi connectivity index (χ3v) is 5.35. The molecule has 130 valence electrons. The maximum Gasteiger partial charge on any atom is 0.249 e. The fourth-order valence-electron chi connectivity index (χ4n) is 3.97. The van der Waals surface area contributed by atoms with Gasteiger partial charge in [-0.3, -0.25) is 9.59 Å². The highest BCUT2D eigenvalue weighted by Crippen LogP contribution is 2.38. The summed E-state index contributed by atoms with van der Waals surface area (Å²) >= 11 is 0. The van der Waals surface area contributed by atoms with Gasteiger partial charge in [-0.25, -0.2) is 0 Å². The number of aryl methyl sites for hydroxylation is 1. The predicted octanol–water partition coefficient (Wildman–Crippen LogP) is 2.10. The van der Waals surface area contributed by atoms with Crippen LogP contribution in [-0.4, -0.2) is 24.0 Å². The van der Waals surface area contributed by atoms with Crippen LogP contribution in [0, 0.1) is 11.8 Å². The molecular formula is C19H26N2O3. The summed E-state index contributed by atoms with van der Waals surface area (Å²) in [5.74, 6) is 0.253. The number of benzene rings is 1. The van der Waals surface area contributed by atoms with Crippen LogP contribution in [0.1, 0.15) is 50.3 Å². The summed E-state index contributed by atoms with van der Waals surface area (Å²) in [6.45, 7) is 4.40. The number of carbonyl (C=O) groups excluding carboxylic acids is 2. The minimum atomic E-state index is -0.639. The lowest BCUT2D eigenvalue weighted by Crippen LogP contribution is -2.43. The standard InChI is InChI=1S/C19H26N2O3/c1-11(2)13-8-7-12-5-3-4-6-14(12)17(13)21-19(23)16-10-9-15(24-16)18(20)22/h3-6,11,13,15-17H,7-10H2,1-2H3,(H2,20,22)(H,21,23)/t13-,15-,16-,17+/m0/s1. The highest BCUT2D eigenvalue weighted by atomic mass is 16.5. The van der Waals surface area contributed by atoms with Crippen LogP contribution < -0.4 is 11.1 Å². The largest absolute Gasteiger partial charge is 0.367 e. The summed E-state index contributed by atoms with van der Waals surface area (Å²) in [7, 11) is 0. The van der Waals surface area contributed by atoms with Crippen molar-refractivity contribution in [3.8, 4) is 0 Å². The van der Waals surface area contributed by atoms with Crippen molar-refractivity contribution in [3.63, 3.8) is 0 Å². The summed E-state index contributed by atoms with van der Waals surface area (Å²) in [4.78, 5) is 23.9. The van der Waals surface area contributed by atoms with E-state index < -0.39 is 18.1 Å². The fourth-order valence-corrected chi connectivity index (χ4v) is 3.97. The Kier molecular flexibility index (Phi) is 4.90. The molecule has 3 rings (SSSR count). The summed E-state index contributed by atoms with van der Waals surface area (Å²) in [5, 5.41) is 3.19. The van der Waals surface area contributed by atoms with Crippen molar-refractivity contribution in [3.05, 3.63) is 35.4 Å². The first kappa shape index (κ1) is 17.0. The zero-order valence-corrected chi connectivity index (χ0v) is 14.3. The molecule has 5 nitrogen and oxygen atoms in total. The van der Waals surface area contributed by atoms with Gasteiger partial charge < -0.3 is 15.8 Å². The van der Waals surface area contributed by atoms with E-state index in [0.29, 0.717) is 24.7 Å². The van der Waals surface area contributed by atoms with Gasteiger partial charge in [-0.15, -0.1) is 0 Å². The van der Waals surface area contributed by atoms with Gasteiger partial charge in [-0.2, -0.15) is 0 Å². The summed E-state index contributed by atoms with van der Waals surface area (Å²) in [6.07, 6.45) is 1.96. The van der Waals surface area contributed by atoms with Gasteiger partial charge in [-0.05, 0) is 48.6 Å². The highest BCUT2D eigenvalue weighted by molar-refractivity contribution is 5.84. The lowest BCUT2D eigenvalue weighted by Gasteiger charge is -2.37. The number of fused-ring (bicyclic) bond motifs is 1. The van der Waals surface area contributed by atoms with E-state index >= 15 is 0 Å². The maximum atomic E-state index is 12.7. The first-order chi connectivity index (χ1) is 11.5. The van der Waals surface area contributed by atoms with Crippen LogP contribution in [-0.2, 0) is 20.7 Å². The minimum absolute atomic E-state index is 0.00122. The molecule has 4 atom stereocenters. The predicted molar refractivity (Wildman–Crippen MR) is 91.1 cm³/mol. The molecule has 1 aromatic rings. The molecule has 1 aliphatic carbocycles. The van der Waals surface area contributed by atoms with Crippen LogP contribution >= 0.6 is 0 Å². The lowest BCUT2D eigenvalue weighted by molar-refractivity contribution is -0.138. The van der Waals surface area contributed by atoms with Gasteiger partial charge in [0, 0.05) is 0 Å². The Morgan fingerprint density at radius 3 is 2.54 bits per heavy atom. The lowest BCUT2D eigenvalue weighted by atomic mass is 9.74. The molecule has 3 N–H and O–H groups in total. The molecule has 1 heterocycles. The van der Waals surface area contributed by atoms with Crippen molar-refractivity contribution in [1.29, 1.82) is 0 Å². The van der Waals surface area contributed by atoms with Crippen LogP contribution in [0.25, 0.3) is 0 Å². The van der Waals surface area contributed by atoms with E-state index in [1.54, 1.807) is 0 Å². The topological polar surface area (TPSA) is 81.4 Å². The fraction of sp³-hybridized carbons (Fsp3) is 0.579. The van der Waals surface area contributed by atoms with Crippen molar-refractivity contribution in [2.75, 3.05) is 0 Å². The molecule has 0 unspecified atom stereocenters. The summed E-state index contributed by atoms with van der Waals surface area (Å²) < 4.78 is 5.52. The normalized spacial score (nSPS) is 29.3. The first-order valence-electron chi connectivity index (χ1n) is 8.80. The van der Waals surface area contributed by atoms with Crippen LogP contribution in [0.5, 0.6) is 0 Å². The molecule has 2 amide bonds. The minimum Gasteiger partial charge on any atom is -0.367 e. The van der Waals surface area contributed by atoms with Gasteiger partial charge in [0.1, 0.15) is 12.2 Å². The molecule has 24 heavy (non-hydrogen) atoms. The Morgan fingerprint density at radius 2 is 1.88 bits per heavy atom. The number of nitrogens with one attached hydrogen (secondary N) is 1. The molecular weight excluding hydrogens is 304 g/mol. The number of primary amides is 1. The SMILES string of the molecule is CC(C)[C@@H]1CCc2ccccc2[C@@H]1NC(=O)[C@@H]1CC[C@@H](C(N)=O)O1. The molecule has 5 heteroatoms. The van der Waals surface area contributed by atoms with Gasteiger partial charge in [-0.1, -0.05) is 38.1 Å². The Bertz CT molecular complexity index is 629. The molecule has 2 aliphatic rings. The molecule has 1 fully saturated rings. The molecule has 0 radical (unpaired) electrons. The van der Waals surface area contributed by atoms with E-state index in [-0.39, 0.29) is 11.9 Å². The van der Waals surface area contributed by atoms with Crippen molar-refractivity contribution >= 4 is 11.8 Å². The summed E-state index contributed by atoms with van der Waals surface area (Å²) in [6, 6.07) is 8.32. The number of nitrogens with two attached hydrogens (primary N) is 1. The van der Waals surface area contributed by atoms with Gasteiger partial charge in [0.05, 0.1) is 6.04 Å². The molecule has 0 spiro atoms. The molecule has 0 saturated carbocycles. The number of hydrogen-bond donors (Lipinski definition) is 2. The Balaban J connectivity index is 1.76. The van der Waals surface area contributed by atoms with E-state index in [0.717, 1.165) is 12.8 Å². The average Bonchev–Trinajstić information content (AvgIpc) is 3.05. The molecule has 1 aliphatic heterocycles. The molecule has 0 bridgehead atoms. The van der Waals surface area contributed by atoms with Crippen molar-refractivity contribution in [2.45, 2.75) is 57.8 Å². The number of hydrogen-bond acceptors (Lipinski definition) is 3.